The predicted octanol–water partition coefficient (Wildman–Crippen LogP) is 6.62. The van der Waals surface area contributed by atoms with Crippen molar-refractivity contribution < 1.29 is 4.21 Å². The van der Waals surface area contributed by atoms with Crippen LogP contribution in [0.1, 0.15) is 51.2 Å². The molecule has 0 aliphatic heterocycles. The smallest absolute Gasteiger partial charge is 0.0978 e. The maximum absolute atomic E-state index is 13.0. The highest BCUT2D eigenvalue weighted by atomic mass is 35.5. The lowest BCUT2D eigenvalue weighted by Crippen LogP contribution is -2.49. The van der Waals surface area contributed by atoms with E-state index in [0.29, 0.717) is 16.5 Å². The highest BCUT2D eigenvalue weighted by Crippen LogP contribution is 2.41. The molecule has 0 radical (unpaired) electrons. The van der Waals surface area contributed by atoms with Gasteiger partial charge in [0, 0.05) is 16.0 Å². The van der Waals surface area contributed by atoms with Gasteiger partial charge in [-0.1, -0.05) is 53.5 Å². The molecule has 146 valence electrons. The van der Waals surface area contributed by atoms with Crippen LogP contribution in [-0.2, 0) is 16.5 Å². The number of benzene rings is 2. The fourth-order valence-electron chi connectivity index (χ4n) is 3.07. The Hall–Kier alpha value is -1.13. The van der Waals surface area contributed by atoms with Gasteiger partial charge in [0.25, 0.3) is 0 Å². The van der Waals surface area contributed by atoms with Gasteiger partial charge in [0.15, 0.2) is 0 Å². The summed E-state index contributed by atoms with van der Waals surface area (Å²) >= 11 is 12.4. The van der Waals surface area contributed by atoms with E-state index in [-0.39, 0.29) is 5.92 Å². The van der Waals surface area contributed by atoms with E-state index < -0.39 is 21.3 Å². The van der Waals surface area contributed by atoms with Gasteiger partial charge < -0.3 is 0 Å². The van der Waals surface area contributed by atoms with Crippen LogP contribution in [0.25, 0.3) is 0 Å². The monoisotopic (exact) mass is 423 g/mol. The summed E-state index contributed by atoms with van der Waals surface area (Å²) < 4.78 is 16.1. The van der Waals surface area contributed by atoms with Crippen LogP contribution >= 0.6 is 23.2 Å². The highest BCUT2D eigenvalue weighted by molar-refractivity contribution is 7.84. The van der Waals surface area contributed by atoms with Gasteiger partial charge in [-0.05, 0) is 69.5 Å². The molecule has 0 aliphatic rings. The quantitative estimate of drug-likeness (QED) is 0.497. The van der Waals surface area contributed by atoms with Crippen LogP contribution in [0.3, 0.4) is 0 Å². The summed E-state index contributed by atoms with van der Waals surface area (Å²) in [5.41, 5.74) is 1.47. The van der Waals surface area contributed by atoms with E-state index in [9.17, 15) is 4.21 Å². The topological polar surface area (TPSA) is 29.1 Å². The predicted molar refractivity (Wildman–Crippen MR) is 119 cm³/mol. The molecule has 2 aromatic rings. The minimum Gasteiger partial charge on any atom is -0.242 e. The molecule has 0 saturated carbocycles. The van der Waals surface area contributed by atoms with Crippen molar-refractivity contribution in [1.82, 2.24) is 4.72 Å². The van der Waals surface area contributed by atoms with E-state index in [0.717, 1.165) is 11.1 Å². The molecule has 2 rings (SSSR count). The number of halogens is 2. The highest BCUT2D eigenvalue weighted by Gasteiger charge is 2.39. The van der Waals surface area contributed by atoms with Crippen molar-refractivity contribution >= 4 is 34.2 Å². The van der Waals surface area contributed by atoms with Gasteiger partial charge in [-0.25, -0.2) is 8.93 Å². The molecule has 27 heavy (non-hydrogen) atoms. The first-order valence-electron chi connectivity index (χ1n) is 8.90. The fourth-order valence-corrected chi connectivity index (χ4v) is 4.34. The van der Waals surface area contributed by atoms with Crippen molar-refractivity contribution in [2.75, 3.05) is 0 Å². The molecule has 2 nitrogen and oxygen atoms in total. The summed E-state index contributed by atoms with van der Waals surface area (Å²) in [7, 11) is -1.27. The normalized spacial score (nSPS) is 16.4. The Morgan fingerprint density at radius 3 is 2.22 bits per heavy atom. The molecule has 0 spiro atoms. The molecule has 1 N–H and O–H groups in total. The van der Waals surface area contributed by atoms with Crippen LogP contribution < -0.4 is 4.72 Å². The Balaban J connectivity index is 2.62. The Labute approximate surface area is 175 Å². The van der Waals surface area contributed by atoms with Gasteiger partial charge in [0.2, 0.25) is 0 Å². The third-order valence-electron chi connectivity index (χ3n) is 4.66. The molecule has 3 atom stereocenters. The average Bonchev–Trinajstić information content (AvgIpc) is 2.59. The summed E-state index contributed by atoms with van der Waals surface area (Å²) in [5, 5.41) is 1.35. The summed E-state index contributed by atoms with van der Waals surface area (Å²) in [6, 6.07) is 15.5. The second kappa shape index (κ2) is 8.91. The van der Waals surface area contributed by atoms with Crippen molar-refractivity contribution in [3.63, 3.8) is 0 Å². The third kappa shape index (κ3) is 5.45. The van der Waals surface area contributed by atoms with Crippen LogP contribution in [0.2, 0.25) is 10.0 Å². The number of nitrogens with one attached hydrogen (secondary N) is 1. The van der Waals surface area contributed by atoms with E-state index in [2.05, 4.69) is 24.3 Å². The Kier molecular flexibility index (Phi) is 7.32. The molecule has 5 heteroatoms. The minimum atomic E-state index is -1.27. The summed E-state index contributed by atoms with van der Waals surface area (Å²) in [4.78, 5) is 0. The van der Waals surface area contributed by atoms with Crippen LogP contribution in [0, 0.1) is 0 Å². The SMILES string of the molecule is C=CCC(c1cccc(Cl)c1)C(C)(NS(=O)C(C)(C)C)c1ccc(Cl)cc1. The molecule has 3 unspecified atom stereocenters. The Morgan fingerprint density at radius 1 is 1.07 bits per heavy atom. The van der Waals surface area contributed by atoms with Gasteiger partial charge in [0.1, 0.15) is 0 Å². The first-order chi connectivity index (χ1) is 12.6. The van der Waals surface area contributed by atoms with Crippen molar-refractivity contribution in [3.05, 3.63) is 82.4 Å². The molecule has 0 amide bonds. The molecular weight excluding hydrogens is 397 g/mol. The van der Waals surface area contributed by atoms with Crippen LogP contribution in [0.5, 0.6) is 0 Å². The molecular formula is C22H27Cl2NOS. The van der Waals surface area contributed by atoms with Gasteiger partial charge in [-0.2, -0.15) is 0 Å². The largest absolute Gasteiger partial charge is 0.242 e. The van der Waals surface area contributed by atoms with Crippen LogP contribution in [0.15, 0.2) is 61.2 Å². The first kappa shape index (κ1) is 22.2. The number of allylic oxidation sites excluding steroid dienone is 1. The maximum Gasteiger partial charge on any atom is 0.0978 e. The Morgan fingerprint density at radius 2 is 1.70 bits per heavy atom. The number of hydrogen-bond acceptors (Lipinski definition) is 1. The van der Waals surface area contributed by atoms with Gasteiger partial charge in [0.05, 0.1) is 21.3 Å². The fraction of sp³-hybridized carbons (Fsp3) is 0.364. The van der Waals surface area contributed by atoms with E-state index in [1.54, 1.807) is 0 Å². The molecule has 0 bridgehead atoms. The average molecular weight is 424 g/mol. The third-order valence-corrected chi connectivity index (χ3v) is 6.86. The summed E-state index contributed by atoms with van der Waals surface area (Å²) in [6.07, 6.45) is 2.59. The number of hydrogen-bond donors (Lipinski definition) is 1. The maximum atomic E-state index is 13.0. The minimum absolute atomic E-state index is 0.0128. The Bertz CT molecular complexity index is 814. The van der Waals surface area contributed by atoms with Gasteiger partial charge in [-0.3, -0.25) is 0 Å². The van der Waals surface area contributed by atoms with Crippen molar-refractivity contribution in [1.29, 1.82) is 0 Å². The van der Waals surface area contributed by atoms with E-state index >= 15 is 0 Å². The molecule has 0 fully saturated rings. The van der Waals surface area contributed by atoms with Gasteiger partial charge >= 0.3 is 0 Å². The zero-order valence-electron chi connectivity index (χ0n) is 16.3. The summed E-state index contributed by atoms with van der Waals surface area (Å²) in [6.45, 7) is 11.9. The zero-order valence-corrected chi connectivity index (χ0v) is 18.6. The standard InChI is InChI=1S/C22H27Cl2NOS/c1-6-8-20(16-9-7-10-19(24)15-16)22(5,25-27(26)21(2,3)4)17-11-13-18(23)14-12-17/h6-7,9-15,20,25H,1,8H2,2-5H3. The lowest BCUT2D eigenvalue weighted by atomic mass is 9.75. The van der Waals surface area contributed by atoms with Crippen molar-refractivity contribution in [2.24, 2.45) is 0 Å². The molecule has 0 aliphatic carbocycles. The zero-order chi connectivity index (χ0) is 20.2. The lowest BCUT2D eigenvalue weighted by molar-refractivity contribution is 0.353. The van der Waals surface area contributed by atoms with Crippen molar-refractivity contribution in [3.8, 4) is 0 Å². The molecule has 2 aromatic carbocycles. The number of rotatable bonds is 7. The van der Waals surface area contributed by atoms with Gasteiger partial charge in [-0.15, -0.1) is 6.58 Å². The van der Waals surface area contributed by atoms with E-state index in [4.69, 9.17) is 23.2 Å². The summed E-state index contributed by atoms with van der Waals surface area (Å²) in [5.74, 6) is -0.0128. The molecule has 0 saturated heterocycles. The second-order valence-corrected chi connectivity index (χ2v) is 10.7. The van der Waals surface area contributed by atoms with Crippen molar-refractivity contribution in [2.45, 2.75) is 50.3 Å². The molecule has 0 aromatic heterocycles. The first-order valence-corrected chi connectivity index (χ1v) is 10.8. The van der Waals surface area contributed by atoms with Crippen LogP contribution in [-0.4, -0.2) is 8.96 Å². The second-order valence-electron chi connectivity index (χ2n) is 7.82. The van der Waals surface area contributed by atoms with E-state index in [1.165, 1.54) is 0 Å². The van der Waals surface area contributed by atoms with Crippen LogP contribution in [0.4, 0.5) is 0 Å². The lowest BCUT2D eigenvalue weighted by Gasteiger charge is -2.40. The molecule has 0 heterocycles. The van der Waals surface area contributed by atoms with E-state index in [1.807, 2.05) is 69.3 Å².